The van der Waals surface area contributed by atoms with Crippen molar-refractivity contribution in [2.75, 3.05) is 13.7 Å². The van der Waals surface area contributed by atoms with E-state index in [0.29, 0.717) is 17.7 Å². The topological polar surface area (TPSA) is 121 Å². The van der Waals surface area contributed by atoms with E-state index in [4.69, 9.17) is 15.9 Å². The minimum absolute atomic E-state index is 0.0880. The Kier molecular flexibility index (Phi) is 6.77. The Morgan fingerprint density at radius 2 is 2.07 bits per heavy atom. The van der Waals surface area contributed by atoms with Gasteiger partial charge in [0.05, 0.1) is 13.2 Å². The lowest BCUT2D eigenvalue weighted by Crippen LogP contribution is -2.30. The summed E-state index contributed by atoms with van der Waals surface area (Å²) in [6.07, 6.45) is 4.53. The van der Waals surface area contributed by atoms with Gasteiger partial charge in [-0.15, -0.1) is 0 Å². The van der Waals surface area contributed by atoms with Crippen LogP contribution in [0.2, 0.25) is 0 Å². The molecule has 0 saturated heterocycles. The highest BCUT2D eigenvalue weighted by Gasteiger charge is 2.19. The molecule has 30 heavy (non-hydrogen) atoms. The van der Waals surface area contributed by atoms with Crippen LogP contribution in [0.3, 0.4) is 0 Å². The predicted molar refractivity (Wildman–Crippen MR) is 118 cm³/mol. The quantitative estimate of drug-likeness (QED) is 0.430. The average Bonchev–Trinajstić information content (AvgIpc) is 2.79. The Labute approximate surface area is 174 Å². The Balaban J connectivity index is 1.91. The fourth-order valence-corrected chi connectivity index (χ4v) is 3.29. The summed E-state index contributed by atoms with van der Waals surface area (Å²) in [5, 5.41) is 21.6. The van der Waals surface area contributed by atoms with Gasteiger partial charge < -0.3 is 26.3 Å². The number of para-hydroxylation sites is 1. The van der Waals surface area contributed by atoms with Crippen molar-refractivity contribution in [2.24, 2.45) is 5.73 Å². The number of benzene rings is 2. The molecule has 0 aliphatic heterocycles. The molecule has 0 saturated carbocycles. The first-order valence-electron chi connectivity index (χ1n) is 9.48. The number of methoxy groups -OCH3 is 1. The van der Waals surface area contributed by atoms with Gasteiger partial charge in [0.2, 0.25) is 0 Å². The van der Waals surface area contributed by atoms with Crippen molar-refractivity contribution in [2.45, 2.75) is 12.5 Å². The molecule has 2 aromatic carbocycles. The van der Waals surface area contributed by atoms with Crippen molar-refractivity contribution in [1.82, 2.24) is 10.3 Å². The van der Waals surface area contributed by atoms with Gasteiger partial charge in [-0.1, -0.05) is 30.3 Å². The van der Waals surface area contributed by atoms with Gasteiger partial charge in [0, 0.05) is 41.7 Å². The second-order valence-electron chi connectivity index (χ2n) is 6.68. The highest BCUT2D eigenvalue weighted by molar-refractivity contribution is 6.09. The first-order chi connectivity index (χ1) is 14.6. The average molecular weight is 404 g/mol. The minimum Gasteiger partial charge on any atom is -0.496 e. The smallest absolute Gasteiger partial charge is 0.270 e. The summed E-state index contributed by atoms with van der Waals surface area (Å²) < 4.78 is 5.39. The Morgan fingerprint density at radius 1 is 1.27 bits per heavy atom. The molecule has 0 spiro atoms. The number of aliphatic hydroxyl groups is 1. The number of fused-ring (bicyclic) bond motifs is 1. The number of hydrogen-bond donors (Lipinski definition) is 4. The number of aromatic nitrogens is 1. The Hall–Kier alpha value is -3.71. The number of aliphatic hydroxyl groups excluding tert-OH is 1. The second kappa shape index (κ2) is 9.67. The van der Waals surface area contributed by atoms with E-state index in [2.05, 4.69) is 10.3 Å². The molecule has 1 aromatic heterocycles. The van der Waals surface area contributed by atoms with Gasteiger partial charge in [-0.3, -0.25) is 9.78 Å². The molecule has 1 heterocycles. The van der Waals surface area contributed by atoms with Crippen LogP contribution >= 0.6 is 0 Å². The highest BCUT2D eigenvalue weighted by Crippen LogP contribution is 2.27. The maximum Gasteiger partial charge on any atom is 0.270 e. The maximum atomic E-state index is 12.9. The Morgan fingerprint density at radius 3 is 2.77 bits per heavy atom. The number of nitrogens with zero attached hydrogens (tertiary/aromatic N) is 1. The molecule has 0 aliphatic rings. The third-order valence-corrected chi connectivity index (χ3v) is 4.86. The van der Waals surface area contributed by atoms with Crippen LogP contribution in [0.1, 0.15) is 34.1 Å². The molecule has 1 atom stereocenters. The molecule has 7 nitrogen and oxygen atoms in total. The van der Waals surface area contributed by atoms with Crippen LogP contribution in [0.25, 0.3) is 16.3 Å². The zero-order valence-corrected chi connectivity index (χ0v) is 16.6. The van der Waals surface area contributed by atoms with Crippen LogP contribution < -0.4 is 15.8 Å². The van der Waals surface area contributed by atoms with Crippen molar-refractivity contribution >= 4 is 28.5 Å². The summed E-state index contributed by atoms with van der Waals surface area (Å²) in [7, 11) is 1.57. The fourth-order valence-electron chi connectivity index (χ4n) is 3.29. The van der Waals surface area contributed by atoms with Gasteiger partial charge in [-0.2, -0.15) is 0 Å². The second-order valence-corrected chi connectivity index (χ2v) is 6.68. The monoisotopic (exact) mass is 404 g/mol. The van der Waals surface area contributed by atoms with Crippen LogP contribution in [0.15, 0.2) is 60.9 Å². The van der Waals surface area contributed by atoms with E-state index >= 15 is 0 Å². The maximum absolute atomic E-state index is 12.9. The number of hydrogen-bond acceptors (Lipinski definition) is 6. The summed E-state index contributed by atoms with van der Waals surface area (Å²) in [5.41, 5.74) is 7.99. The zero-order valence-electron chi connectivity index (χ0n) is 16.6. The summed E-state index contributed by atoms with van der Waals surface area (Å²) in [5.74, 6) is 0.286. The largest absolute Gasteiger partial charge is 0.496 e. The molecule has 1 unspecified atom stereocenters. The number of nitrogens with one attached hydrogen (secondary N) is 2. The van der Waals surface area contributed by atoms with Crippen LogP contribution in [-0.4, -0.2) is 35.9 Å². The molecule has 7 heteroatoms. The van der Waals surface area contributed by atoms with Gasteiger partial charge in [-0.25, -0.2) is 0 Å². The molecule has 0 radical (unpaired) electrons. The van der Waals surface area contributed by atoms with Crippen LogP contribution in [0.4, 0.5) is 0 Å². The van der Waals surface area contributed by atoms with E-state index in [1.165, 1.54) is 12.4 Å². The number of amides is 1. The Bertz CT molecular complexity index is 1090. The van der Waals surface area contributed by atoms with E-state index in [-0.39, 0.29) is 18.2 Å². The standard InChI is InChI=1S/C23H24N4O3/c1-30-22-5-3-2-4-19(22)20(8-9-28)27-23(29)21-11-17-10-15(18(12-24)13-25)6-7-16(17)14-26-21/h2-7,10-14,20,24,28H,8-9,25H2,1H3,(H,27,29)/b18-13+,24-12?. The number of pyridine rings is 1. The van der Waals surface area contributed by atoms with E-state index in [9.17, 15) is 9.90 Å². The van der Waals surface area contributed by atoms with Crippen molar-refractivity contribution < 1.29 is 14.6 Å². The summed E-state index contributed by atoms with van der Waals surface area (Å²) in [6.45, 7) is -0.0880. The molecule has 1 amide bonds. The van der Waals surface area contributed by atoms with Gasteiger partial charge in [0.1, 0.15) is 11.4 Å². The van der Waals surface area contributed by atoms with Gasteiger partial charge in [0.15, 0.2) is 0 Å². The normalized spacial score (nSPS) is 12.4. The first-order valence-corrected chi connectivity index (χ1v) is 9.48. The van der Waals surface area contributed by atoms with E-state index < -0.39 is 6.04 Å². The lowest BCUT2D eigenvalue weighted by molar-refractivity contribution is 0.0924. The van der Waals surface area contributed by atoms with Crippen molar-refractivity contribution in [3.63, 3.8) is 0 Å². The third-order valence-electron chi connectivity index (χ3n) is 4.86. The molecule has 5 N–H and O–H groups in total. The SMILES string of the molecule is COc1ccccc1C(CCO)NC(=O)c1cc2cc(/C(C=N)=C/N)ccc2cn1. The van der Waals surface area contributed by atoms with Gasteiger partial charge >= 0.3 is 0 Å². The van der Waals surface area contributed by atoms with E-state index in [0.717, 1.165) is 21.9 Å². The van der Waals surface area contributed by atoms with Crippen LogP contribution in [-0.2, 0) is 0 Å². The molecule has 3 aromatic rings. The predicted octanol–water partition coefficient (Wildman–Crippen LogP) is 3.05. The van der Waals surface area contributed by atoms with E-state index in [1.54, 1.807) is 19.4 Å². The molecule has 0 aliphatic carbocycles. The summed E-state index contributed by atoms with van der Waals surface area (Å²) >= 11 is 0. The van der Waals surface area contributed by atoms with Gasteiger partial charge in [-0.05, 0) is 35.6 Å². The summed E-state index contributed by atoms with van der Waals surface area (Å²) in [6, 6.07) is 14.2. The lowest BCUT2D eigenvalue weighted by atomic mass is 10.0. The van der Waals surface area contributed by atoms with Crippen LogP contribution in [0.5, 0.6) is 5.75 Å². The number of nitrogens with two attached hydrogens (primary N) is 1. The number of allylic oxidation sites excluding steroid dienone is 1. The number of carbonyl (C=O) groups excluding carboxylic acids is 1. The number of carbonyl (C=O) groups is 1. The van der Waals surface area contributed by atoms with Gasteiger partial charge in [0.25, 0.3) is 5.91 Å². The number of ether oxygens (including phenoxy) is 1. The van der Waals surface area contributed by atoms with E-state index in [1.807, 2.05) is 42.5 Å². The van der Waals surface area contributed by atoms with Crippen molar-refractivity contribution in [1.29, 1.82) is 5.41 Å². The molecule has 154 valence electrons. The van der Waals surface area contributed by atoms with Crippen molar-refractivity contribution in [3.8, 4) is 5.75 Å². The molecule has 0 fully saturated rings. The third kappa shape index (κ3) is 4.47. The van der Waals surface area contributed by atoms with Crippen LogP contribution in [0, 0.1) is 5.41 Å². The zero-order chi connectivity index (χ0) is 21.5. The highest BCUT2D eigenvalue weighted by atomic mass is 16.5. The minimum atomic E-state index is -0.424. The lowest BCUT2D eigenvalue weighted by Gasteiger charge is -2.20. The van der Waals surface area contributed by atoms with Crippen molar-refractivity contribution in [3.05, 3.63) is 77.7 Å². The number of rotatable bonds is 8. The molecular formula is C23H24N4O3. The summed E-state index contributed by atoms with van der Waals surface area (Å²) in [4.78, 5) is 17.2. The molecule has 3 rings (SSSR count). The molecule has 0 bridgehead atoms. The molecular weight excluding hydrogens is 380 g/mol. The first kappa shape index (κ1) is 21.0. The fraction of sp³-hybridized carbons (Fsp3) is 0.174.